The molecule has 1 N–H and O–H groups in total. The average molecular weight is 377 g/mol. The second-order valence-corrected chi connectivity index (χ2v) is 7.60. The minimum Gasteiger partial charge on any atom is -0.378 e. The van der Waals surface area contributed by atoms with E-state index < -0.39 is 0 Å². The van der Waals surface area contributed by atoms with Crippen LogP contribution in [-0.2, 0) is 0 Å². The van der Waals surface area contributed by atoms with Crippen molar-refractivity contribution in [3.63, 3.8) is 0 Å². The van der Waals surface area contributed by atoms with Gasteiger partial charge in [0.1, 0.15) is 0 Å². The Morgan fingerprint density at radius 1 is 0.793 bits per heavy atom. The summed E-state index contributed by atoms with van der Waals surface area (Å²) >= 11 is 0. The fourth-order valence-electron chi connectivity index (χ4n) is 4.12. The van der Waals surface area contributed by atoms with Gasteiger partial charge in [-0.25, -0.2) is 0 Å². The van der Waals surface area contributed by atoms with Crippen LogP contribution < -0.4 is 10.2 Å². The molecule has 2 nitrogen and oxygen atoms in total. The zero-order valence-corrected chi connectivity index (χ0v) is 16.5. The summed E-state index contributed by atoms with van der Waals surface area (Å²) in [5.74, 6) is 0. The molecule has 0 fully saturated rings. The third kappa shape index (κ3) is 3.38. The lowest BCUT2D eigenvalue weighted by molar-refractivity contribution is 0.802. The Kier molecular flexibility index (Phi) is 4.53. The van der Waals surface area contributed by atoms with E-state index in [-0.39, 0.29) is 0 Å². The zero-order chi connectivity index (χ0) is 19.6. The molecule has 142 valence electrons. The molecular weight excluding hydrogens is 352 g/mol. The average Bonchev–Trinajstić information content (AvgIpc) is 2.72. The first kappa shape index (κ1) is 17.6. The highest BCUT2D eigenvalue weighted by Crippen LogP contribution is 2.43. The minimum absolute atomic E-state index is 0.316. The normalized spacial score (nSPS) is 17.3. The van der Waals surface area contributed by atoms with Crippen molar-refractivity contribution in [1.82, 2.24) is 0 Å². The molecule has 2 heteroatoms. The van der Waals surface area contributed by atoms with Crippen LogP contribution in [0.25, 0.3) is 0 Å². The molecule has 2 aliphatic rings. The van der Waals surface area contributed by atoms with Crippen molar-refractivity contribution in [2.75, 3.05) is 10.2 Å². The number of hydrogen-bond donors (Lipinski definition) is 1. The molecule has 0 saturated heterocycles. The van der Waals surface area contributed by atoms with Gasteiger partial charge in [-0.05, 0) is 60.9 Å². The van der Waals surface area contributed by atoms with Gasteiger partial charge in [0, 0.05) is 28.3 Å². The molecule has 2 aliphatic carbocycles. The first-order chi connectivity index (χ1) is 14.3. The van der Waals surface area contributed by atoms with E-state index in [0.717, 1.165) is 6.42 Å². The molecule has 0 saturated carbocycles. The number of nitrogens with one attached hydrogen (secondary N) is 1. The van der Waals surface area contributed by atoms with Crippen LogP contribution in [0.1, 0.15) is 12.0 Å². The molecule has 3 aromatic rings. The number of nitrogens with zero attached hydrogens (tertiary/aromatic N) is 1. The number of anilines is 3. The van der Waals surface area contributed by atoms with E-state index in [1.807, 2.05) is 0 Å². The minimum atomic E-state index is 0.316. The summed E-state index contributed by atoms with van der Waals surface area (Å²) in [5, 5.41) is 3.69. The van der Waals surface area contributed by atoms with Gasteiger partial charge in [-0.3, -0.25) is 0 Å². The lowest BCUT2D eigenvalue weighted by atomic mass is 9.81. The van der Waals surface area contributed by atoms with Gasteiger partial charge in [-0.1, -0.05) is 66.8 Å². The highest BCUT2D eigenvalue weighted by Gasteiger charge is 2.31. The summed E-state index contributed by atoms with van der Waals surface area (Å²) < 4.78 is 0. The van der Waals surface area contributed by atoms with Crippen LogP contribution in [0.15, 0.2) is 120 Å². The topological polar surface area (TPSA) is 15.3 Å². The van der Waals surface area contributed by atoms with Crippen molar-refractivity contribution in [2.45, 2.75) is 19.4 Å². The van der Waals surface area contributed by atoms with E-state index >= 15 is 0 Å². The fourth-order valence-corrected chi connectivity index (χ4v) is 4.12. The summed E-state index contributed by atoms with van der Waals surface area (Å²) in [6.07, 6.45) is 7.83. The highest BCUT2D eigenvalue weighted by molar-refractivity contribution is 5.77. The smallest absolute Gasteiger partial charge is 0.0555 e. The number of fused-ring (bicyclic) bond motifs is 1. The quantitative estimate of drug-likeness (QED) is 0.529. The van der Waals surface area contributed by atoms with Crippen molar-refractivity contribution in [3.05, 3.63) is 126 Å². The first-order valence-electron chi connectivity index (χ1n) is 10.2. The predicted molar refractivity (Wildman–Crippen MR) is 122 cm³/mol. The highest BCUT2D eigenvalue weighted by atomic mass is 15.2. The van der Waals surface area contributed by atoms with Crippen LogP contribution >= 0.6 is 0 Å². The van der Waals surface area contributed by atoms with E-state index in [4.69, 9.17) is 0 Å². The summed E-state index contributed by atoms with van der Waals surface area (Å²) in [5.41, 5.74) is 8.80. The van der Waals surface area contributed by atoms with Crippen molar-refractivity contribution >= 4 is 17.1 Å². The van der Waals surface area contributed by atoms with Crippen LogP contribution in [0.5, 0.6) is 0 Å². The van der Waals surface area contributed by atoms with Gasteiger partial charge in [0.15, 0.2) is 0 Å². The van der Waals surface area contributed by atoms with E-state index in [1.54, 1.807) is 0 Å². The molecule has 0 amide bonds. The molecule has 1 atom stereocenters. The van der Waals surface area contributed by atoms with Crippen molar-refractivity contribution in [3.8, 4) is 0 Å². The standard InChI is InChI=1S/C27H24N2/c1-20-9-8-14-23(19-20)29(22-12-6-3-7-13-22)27-18-17-26(24-15-16-25(24)27)28-21-10-4-2-5-11-21/h2-16,18-19,26,28H,17H2,1H3/t26-/m1/s1. The number of aryl methyl sites for hydroxylation is 1. The molecule has 0 spiro atoms. The van der Waals surface area contributed by atoms with Gasteiger partial charge in [0.05, 0.1) is 6.04 Å². The number of rotatable bonds is 5. The Balaban J connectivity index is 1.51. The second kappa shape index (κ2) is 7.48. The molecule has 5 rings (SSSR count). The van der Waals surface area contributed by atoms with Crippen LogP contribution in [-0.4, -0.2) is 6.04 Å². The van der Waals surface area contributed by atoms with Gasteiger partial charge >= 0.3 is 0 Å². The first-order valence-corrected chi connectivity index (χ1v) is 10.2. The van der Waals surface area contributed by atoms with Crippen LogP contribution in [0.3, 0.4) is 0 Å². The maximum absolute atomic E-state index is 3.69. The molecule has 29 heavy (non-hydrogen) atoms. The van der Waals surface area contributed by atoms with Gasteiger partial charge in [0.2, 0.25) is 0 Å². The maximum atomic E-state index is 3.69. The summed E-state index contributed by atoms with van der Waals surface area (Å²) in [6, 6.07) is 30.2. The number of para-hydroxylation sites is 2. The third-order valence-corrected chi connectivity index (χ3v) is 5.57. The summed E-state index contributed by atoms with van der Waals surface area (Å²) in [6.45, 7) is 2.15. The lowest BCUT2D eigenvalue weighted by Crippen LogP contribution is -2.32. The number of benzene rings is 3. The second-order valence-electron chi connectivity index (χ2n) is 7.60. The number of allylic oxidation sites excluding steroid dienone is 3. The Labute approximate surface area is 172 Å². The lowest BCUT2D eigenvalue weighted by Gasteiger charge is -2.38. The molecule has 0 aliphatic heterocycles. The van der Waals surface area contributed by atoms with Gasteiger partial charge in [-0.15, -0.1) is 0 Å². The Morgan fingerprint density at radius 3 is 2.21 bits per heavy atom. The molecule has 0 radical (unpaired) electrons. The summed E-state index contributed by atoms with van der Waals surface area (Å²) in [7, 11) is 0. The molecule has 0 heterocycles. The van der Waals surface area contributed by atoms with Crippen LogP contribution in [0.2, 0.25) is 0 Å². The fraction of sp³-hybridized carbons (Fsp3) is 0.111. The van der Waals surface area contributed by atoms with Gasteiger partial charge in [0.25, 0.3) is 0 Å². The van der Waals surface area contributed by atoms with Crippen molar-refractivity contribution in [1.29, 1.82) is 0 Å². The third-order valence-electron chi connectivity index (χ3n) is 5.57. The largest absolute Gasteiger partial charge is 0.378 e. The van der Waals surface area contributed by atoms with Crippen molar-refractivity contribution < 1.29 is 0 Å². The van der Waals surface area contributed by atoms with Crippen molar-refractivity contribution in [2.24, 2.45) is 0 Å². The Bertz CT molecular complexity index is 1110. The van der Waals surface area contributed by atoms with E-state index in [0.29, 0.717) is 6.04 Å². The maximum Gasteiger partial charge on any atom is 0.0555 e. The Hall–Kier alpha value is -3.52. The summed E-state index contributed by atoms with van der Waals surface area (Å²) in [4.78, 5) is 2.38. The van der Waals surface area contributed by atoms with Crippen LogP contribution in [0, 0.1) is 6.92 Å². The van der Waals surface area contributed by atoms with Gasteiger partial charge < -0.3 is 10.2 Å². The Morgan fingerprint density at radius 2 is 1.52 bits per heavy atom. The molecular formula is C27H24N2. The van der Waals surface area contributed by atoms with Gasteiger partial charge in [-0.2, -0.15) is 0 Å². The van der Waals surface area contributed by atoms with E-state index in [2.05, 4.69) is 120 Å². The molecule has 3 aromatic carbocycles. The molecule has 0 unspecified atom stereocenters. The van der Waals surface area contributed by atoms with E-state index in [1.165, 1.54) is 39.5 Å². The monoisotopic (exact) mass is 376 g/mol. The van der Waals surface area contributed by atoms with E-state index in [9.17, 15) is 0 Å². The molecule has 0 aromatic heterocycles. The molecule has 0 bridgehead atoms. The number of hydrogen-bond acceptors (Lipinski definition) is 2. The zero-order valence-electron chi connectivity index (χ0n) is 16.5. The van der Waals surface area contributed by atoms with Crippen LogP contribution in [0.4, 0.5) is 17.1 Å². The SMILES string of the molecule is Cc1cccc(N(C2=CC[C@@H](Nc3ccccc3)C3=CC=C32)c2ccccc2)c1. The predicted octanol–water partition coefficient (Wildman–Crippen LogP) is 6.77.